The van der Waals surface area contributed by atoms with Gasteiger partial charge in [-0.3, -0.25) is 10.1 Å². The first-order valence-corrected chi connectivity index (χ1v) is 9.96. The lowest BCUT2D eigenvalue weighted by atomic mass is 10.0. The third-order valence-electron chi connectivity index (χ3n) is 4.23. The quantitative estimate of drug-likeness (QED) is 0.147. The Bertz CT molecular complexity index is 1270. The predicted molar refractivity (Wildman–Crippen MR) is 117 cm³/mol. The highest BCUT2D eigenvalue weighted by Gasteiger charge is 2.33. The molecule has 10 heteroatoms. The summed E-state index contributed by atoms with van der Waals surface area (Å²) in [6.07, 6.45) is -3.14. The first-order valence-electron chi connectivity index (χ1n) is 8.79. The molecule has 0 atom stereocenters. The predicted octanol–water partition coefficient (Wildman–Crippen LogP) is 7.89. The Balaban J connectivity index is 1.92. The van der Waals surface area contributed by atoms with Crippen LogP contribution in [0.1, 0.15) is 16.7 Å². The van der Waals surface area contributed by atoms with Gasteiger partial charge in [-0.25, -0.2) is 0 Å². The molecule has 162 valence electrons. The van der Waals surface area contributed by atoms with Crippen LogP contribution in [-0.2, 0) is 6.18 Å². The molecule has 0 radical (unpaired) electrons. The van der Waals surface area contributed by atoms with E-state index in [0.717, 1.165) is 10.5 Å². The maximum Gasteiger partial charge on any atom is 0.416 e. The lowest BCUT2D eigenvalue weighted by Crippen LogP contribution is -2.06. The monoisotopic (exact) mass is 522 g/mol. The van der Waals surface area contributed by atoms with Gasteiger partial charge in [0.15, 0.2) is 0 Å². The summed E-state index contributed by atoms with van der Waals surface area (Å²) in [6.45, 7) is 0. The largest absolute Gasteiger partial charge is 0.449 e. The third kappa shape index (κ3) is 5.46. The number of nitriles is 1. The Morgan fingerprint density at radius 2 is 1.84 bits per heavy atom. The zero-order valence-electron chi connectivity index (χ0n) is 15.9. The highest BCUT2D eigenvalue weighted by Crippen LogP contribution is 2.39. The Morgan fingerprint density at radius 3 is 2.44 bits per heavy atom. The van der Waals surface area contributed by atoms with Crippen LogP contribution in [0.5, 0.6) is 11.5 Å². The summed E-state index contributed by atoms with van der Waals surface area (Å²) in [5.41, 5.74) is -0.407. The molecule has 0 aliphatic heterocycles. The van der Waals surface area contributed by atoms with Gasteiger partial charge in [-0.2, -0.15) is 18.4 Å². The Morgan fingerprint density at radius 1 is 1.12 bits per heavy atom. The van der Waals surface area contributed by atoms with E-state index in [4.69, 9.17) is 16.3 Å². The van der Waals surface area contributed by atoms with E-state index >= 15 is 0 Å². The molecule has 3 aromatic rings. The second-order valence-corrected chi connectivity index (χ2v) is 7.73. The molecule has 3 rings (SSSR count). The van der Waals surface area contributed by atoms with Crippen molar-refractivity contribution in [3.63, 3.8) is 0 Å². The fourth-order valence-electron chi connectivity index (χ4n) is 2.73. The maximum atomic E-state index is 12.9. The first kappa shape index (κ1) is 23.3. The normalized spacial score (nSPS) is 11.7. The minimum absolute atomic E-state index is 0.00707. The zero-order valence-corrected chi connectivity index (χ0v) is 18.2. The Labute approximate surface area is 193 Å². The molecule has 0 N–H and O–H groups in total. The van der Waals surface area contributed by atoms with Crippen LogP contribution < -0.4 is 4.74 Å². The average molecular weight is 524 g/mol. The van der Waals surface area contributed by atoms with Gasteiger partial charge in [0, 0.05) is 10.5 Å². The number of benzene rings is 3. The number of nitrogens with zero attached hydrogens (tertiary/aromatic N) is 2. The number of alkyl halides is 3. The highest BCUT2D eigenvalue weighted by atomic mass is 79.9. The third-order valence-corrected chi connectivity index (χ3v) is 5.01. The molecule has 5 nitrogen and oxygen atoms in total. The van der Waals surface area contributed by atoms with E-state index in [2.05, 4.69) is 22.0 Å². The number of hydrogen-bond donors (Lipinski definition) is 0. The first-order chi connectivity index (χ1) is 15.1. The van der Waals surface area contributed by atoms with Crippen molar-refractivity contribution in [2.75, 3.05) is 0 Å². The van der Waals surface area contributed by atoms with Crippen LogP contribution in [0.3, 0.4) is 0 Å². The number of allylic oxidation sites excluding steroid dienone is 1. The summed E-state index contributed by atoms with van der Waals surface area (Å²) in [6, 6.07) is 15.6. The van der Waals surface area contributed by atoms with E-state index in [1.165, 1.54) is 12.1 Å². The van der Waals surface area contributed by atoms with E-state index in [1.54, 1.807) is 30.3 Å². The van der Waals surface area contributed by atoms with Gasteiger partial charge in [0.2, 0.25) is 5.75 Å². The molecule has 0 amide bonds. The number of ether oxygens (including phenoxy) is 1. The van der Waals surface area contributed by atoms with Gasteiger partial charge in [0.05, 0.1) is 27.2 Å². The van der Waals surface area contributed by atoms with Crippen molar-refractivity contribution in [3.8, 4) is 17.6 Å². The van der Waals surface area contributed by atoms with Crippen molar-refractivity contribution in [2.45, 2.75) is 6.18 Å². The number of halogens is 5. The molecule has 0 aliphatic rings. The molecule has 0 heterocycles. The minimum atomic E-state index is -4.73. The van der Waals surface area contributed by atoms with Crippen LogP contribution in [0.25, 0.3) is 11.6 Å². The molecule has 0 aliphatic carbocycles. The zero-order chi connectivity index (χ0) is 23.5. The van der Waals surface area contributed by atoms with Crippen LogP contribution in [0.4, 0.5) is 18.9 Å². The Hall–Kier alpha value is -3.35. The number of nitro groups is 1. The smallest absolute Gasteiger partial charge is 0.416 e. The second kappa shape index (κ2) is 9.42. The van der Waals surface area contributed by atoms with E-state index in [0.29, 0.717) is 28.8 Å². The van der Waals surface area contributed by atoms with Crippen LogP contribution in [0, 0.1) is 21.4 Å². The molecular weight excluding hydrogens is 513 g/mol. The van der Waals surface area contributed by atoms with Crippen molar-refractivity contribution < 1.29 is 22.8 Å². The summed E-state index contributed by atoms with van der Waals surface area (Å²) in [4.78, 5) is 10.3. The van der Waals surface area contributed by atoms with Crippen LogP contribution in [-0.4, -0.2) is 4.92 Å². The topological polar surface area (TPSA) is 76.2 Å². The van der Waals surface area contributed by atoms with Gasteiger partial charge in [0.25, 0.3) is 0 Å². The highest BCUT2D eigenvalue weighted by molar-refractivity contribution is 9.10. The summed E-state index contributed by atoms with van der Waals surface area (Å²) in [7, 11) is 0. The van der Waals surface area contributed by atoms with Crippen LogP contribution >= 0.6 is 27.5 Å². The fourth-order valence-corrected chi connectivity index (χ4v) is 3.36. The summed E-state index contributed by atoms with van der Waals surface area (Å²) in [5, 5.41) is 20.8. The molecule has 0 saturated heterocycles. The molecule has 3 aromatic carbocycles. The Kier molecular flexibility index (Phi) is 6.87. The van der Waals surface area contributed by atoms with Gasteiger partial charge in [0.1, 0.15) is 5.75 Å². The number of nitro benzene ring substituents is 1. The van der Waals surface area contributed by atoms with E-state index in [9.17, 15) is 28.5 Å². The van der Waals surface area contributed by atoms with E-state index < -0.39 is 22.4 Å². The minimum Gasteiger partial charge on any atom is -0.449 e. The lowest BCUT2D eigenvalue weighted by Gasteiger charge is -2.11. The molecule has 0 fully saturated rings. The van der Waals surface area contributed by atoms with E-state index in [-0.39, 0.29) is 16.5 Å². The second-order valence-electron chi connectivity index (χ2n) is 6.41. The summed E-state index contributed by atoms with van der Waals surface area (Å²) >= 11 is 9.56. The van der Waals surface area contributed by atoms with Gasteiger partial charge >= 0.3 is 11.9 Å². The van der Waals surface area contributed by atoms with Gasteiger partial charge in [-0.15, -0.1) is 0 Å². The molecule has 0 spiro atoms. The molecular formula is C22H11BrClF3N2O3. The lowest BCUT2D eigenvalue weighted by molar-refractivity contribution is -0.385. The molecule has 32 heavy (non-hydrogen) atoms. The average Bonchev–Trinajstić information content (AvgIpc) is 2.73. The summed E-state index contributed by atoms with van der Waals surface area (Å²) < 4.78 is 44.8. The van der Waals surface area contributed by atoms with Crippen molar-refractivity contribution in [3.05, 3.63) is 97.0 Å². The van der Waals surface area contributed by atoms with E-state index in [1.807, 2.05) is 6.07 Å². The van der Waals surface area contributed by atoms with Crippen molar-refractivity contribution in [2.24, 2.45) is 0 Å². The van der Waals surface area contributed by atoms with Crippen molar-refractivity contribution in [1.82, 2.24) is 0 Å². The van der Waals surface area contributed by atoms with Crippen LogP contribution in [0.15, 0.2) is 65.1 Å². The number of rotatable bonds is 5. The summed E-state index contributed by atoms with van der Waals surface area (Å²) in [5.74, 6) is -0.382. The maximum absolute atomic E-state index is 12.9. The number of hydrogen-bond acceptors (Lipinski definition) is 4. The molecule has 0 unspecified atom stereocenters. The molecule has 0 bridgehead atoms. The molecule has 0 aromatic heterocycles. The fraction of sp³-hybridized carbons (Fsp3) is 0.0455. The standard InChI is InChI=1S/C22H11BrClF3N2O3/c23-17-3-1-2-14(10-17)15(12-28)8-13-4-6-20(18(24)9-13)32-21-7-5-16(22(25,26)27)11-19(21)29(30)31/h1-11H/b15-8-. The molecule has 0 saturated carbocycles. The van der Waals surface area contributed by atoms with Crippen molar-refractivity contribution in [1.29, 1.82) is 5.26 Å². The van der Waals surface area contributed by atoms with Crippen LogP contribution in [0.2, 0.25) is 5.02 Å². The van der Waals surface area contributed by atoms with Gasteiger partial charge in [-0.05, 0) is 53.6 Å². The van der Waals surface area contributed by atoms with Gasteiger partial charge in [-0.1, -0.05) is 45.7 Å². The van der Waals surface area contributed by atoms with Gasteiger partial charge < -0.3 is 4.74 Å². The van der Waals surface area contributed by atoms with Crippen molar-refractivity contribution >= 4 is 44.9 Å². The SMILES string of the molecule is N#C/C(=C/c1ccc(Oc2ccc(C(F)(F)F)cc2[N+](=O)[O-])c(Cl)c1)c1cccc(Br)c1.